The van der Waals surface area contributed by atoms with E-state index in [1.165, 1.54) is 26.5 Å². The quantitative estimate of drug-likeness (QED) is 0.628. The molecule has 2 N–H and O–H groups in total. The fraction of sp³-hybridized carbons (Fsp3) is 0.200. The lowest BCUT2D eigenvalue weighted by molar-refractivity contribution is 0.0949. The van der Waals surface area contributed by atoms with Crippen LogP contribution in [0.25, 0.3) is 0 Å². The van der Waals surface area contributed by atoms with E-state index in [4.69, 9.17) is 21.1 Å². The predicted octanol–water partition coefficient (Wildman–Crippen LogP) is 1.51. The molecule has 0 unspecified atom stereocenters. The molecule has 0 aliphatic carbocycles. The zero-order valence-corrected chi connectivity index (χ0v) is 14.0. The molecule has 0 fully saturated rings. The highest BCUT2D eigenvalue weighted by Crippen LogP contribution is 2.36. The molecule has 0 spiro atoms. The van der Waals surface area contributed by atoms with Gasteiger partial charge in [0, 0.05) is 11.3 Å². The van der Waals surface area contributed by atoms with Crippen LogP contribution in [0.5, 0.6) is 11.5 Å². The molecule has 9 heteroatoms. The fourth-order valence-electron chi connectivity index (χ4n) is 1.92. The number of nitrogens with zero attached hydrogens (tertiary/aromatic N) is 2. The molecule has 2 aromatic rings. The first-order chi connectivity index (χ1) is 11.5. The minimum atomic E-state index is -0.614. The van der Waals surface area contributed by atoms with Gasteiger partial charge >= 0.3 is 5.69 Å². The van der Waals surface area contributed by atoms with Gasteiger partial charge in [-0.1, -0.05) is 11.6 Å². The Labute approximate surface area is 142 Å². The van der Waals surface area contributed by atoms with Crippen molar-refractivity contribution in [1.82, 2.24) is 15.4 Å². The summed E-state index contributed by atoms with van der Waals surface area (Å²) in [4.78, 5) is 29.2. The Bertz CT molecular complexity index is 848. The van der Waals surface area contributed by atoms with Gasteiger partial charge in [0.05, 0.1) is 25.5 Å². The van der Waals surface area contributed by atoms with Crippen molar-refractivity contribution in [1.29, 1.82) is 0 Å². The van der Waals surface area contributed by atoms with Gasteiger partial charge in [-0.15, -0.1) is 0 Å². The van der Waals surface area contributed by atoms with Crippen LogP contribution >= 0.6 is 11.6 Å². The number of aryl methyl sites for hydroxylation is 1. The Balaban J connectivity index is 2.17. The molecule has 1 heterocycles. The molecule has 0 saturated carbocycles. The van der Waals surface area contributed by atoms with Gasteiger partial charge in [-0.3, -0.25) is 4.79 Å². The van der Waals surface area contributed by atoms with Gasteiger partial charge in [-0.25, -0.2) is 10.2 Å². The number of amides is 1. The molecule has 1 aromatic carbocycles. The number of ether oxygens (including phenoxy) is 2. The number of hydrogen-bond donors (Lipinski definition) is 2. The van der Waals surface area contributed by atoms with Gasteiger partial charge < -0.3 is 14.5 Å². The third kappa shape index (κ3) is 3.90. The Morgan fingerprint density at radius 2 is 2.12 bits per heavy atom. The van der Waals surface area contributed by atoms with E-state index in [9.17, 15) is 9.59 Å². The third-order valence-corrected chi connectivity index (χ3v) is 3.39. The summed E-state index contributed by atoms with van der Waals surface area (Å²) in [6.07, 6.45) is 1.35. The van der Waals surface area contributed by atoms with E-state index in [0.717, 1.165) is 0 Å². The second kappa shape index (κ2) is 7.60. The van der Waals surface area contributed by atoms with Crippen LogP contribution in [0.1, 0.15) is 21.7 Å². The van der Waals surface area contributed by atoms with E-state index in [0.29, 0.717) is 27.8 Å². The summed E-state index contributed by atoms with van der Waals surface area (Å²) in [6.45, 7) is 1.65. The van der Waals surface area contributed by atoms with Crippen LogP contribution in [0.3, 0.4) is 0 Å². The molecule has 2 rings (SSSR count). The summed E-state index contributed by atoms with van der Waals surface area (Å²) < 4.78 is 10.3. The summed E-state index contributed by atoms with van der Waals surface area (Å²) in [5.41, 5.74) is 2.68. The molecule has 0 aliphatic rings. The van der Waals surface area contributed by atoms with Gasteiger partial charge in [0.1, 0.15) is 5.69 Å². The summed E-state index contributed by atoms with van der Waals surface area (Å²) in [6, 6.07) is 4.76. The van der Waals surface area contributed by atoms with E-state index < -0.39 is 11.6 Å². The maximum absolute atomic E-state index is 11.9. The molecule has 8 nitrogen and oxygen atoms in total. The lowest BCUT2D eigenvalue weighted by Gasteiger charge is -2.10. The number of rotatable bonds is 5. The first-order valence-corrected chi connectivity index (χ1v) is 7.16. The van der Waals surface area contributed by atoms with Crippen LogP contribution in [-0.4, -0.2) is 36.3 Å². The van der Waals surface area contributed by atoms with Crippen molar-refractivity contribution in [3.8, 4) is 11.5 Å². The monoisotopic (exact) mass is 350 g/mol. The van der Waals surface area contributed by atoms with E-state index in [-0.39, 0.29) is 5.69 Å². The molecular formula is C15H15ClN4O4. The first kappa shape index (κ1) is 17.5. The smallest absolute Gasteiger partial charge is 0.345 e. The molecular weight excluding hydrogens is 336 g/mol. The van der Waals surface area contributed by atoms with Gasteiger partial charge in [-0.2, -0.15) is 10.1 Å². The molecule has 126 valence electrons. The summed E-state index contributed by atoms with van der Waals surface area (Å²) in [5.74, 6) is 0.227. The van der Waals surface area contributed by atoms with Crippen LogP contribution in [-0.2, 0) is 0 Å². The van der Waals surface area contributed by atoms with Gasteiger partial charge in [0.15, 0.2) is 11.5 Å². The minimum absolute atomic E-state index is 0.0354. The first-order valence-electron chi connectivity index (χ1n) is 6.78. The molecule has 0 saturated heterocycles. The van der Waals surface area contributed by atoms with Crippen molar-refractivity contribution in [3.63, 3.8) is 0 Å². The number of hydrogen-bond acceptors (Lipinski definition) is 6. The zero-order chi connectivity index (χ0) is 17.7. The number of methoxy groups -OCH3 is 2. The topological polar surface area (TPSA) is 106 Å². The molecule has 24 heavy (non-hydrogen) atoms. The van der Waals surface area contributed by atoms with Crippen LogP contribution in [0.2, 0.25) is 5.02 Å². The van der Waals surface area contributed by atoms with Crippen molar-refractivity contribution >= 4 is 23.7 Å². The largest absolute Gasteiger partial charge is 0.493 e. The summed E-state index contributed by atoms with van der Waals surface area (Å²) in [7, 11) is 2.96. The molecule has 1 aromatic heterocycles. The maximum Gasteiger partial charge on any atom is 0.345 e. The average Bonchev–Trinajstić information content (AvgIpc) is 2.54. The molecule has 0 radical (unpaired) electrons. The number of H-pyrrole nitrogens is 1. The van der Waals surface area contributed by atoms with Crippen molar-refractivity contribution in [2.24, 2.45) is 5.10 Å². The number of carbonyl (C=O) groups is 1. The van der Waals surface area contributed by atoms with Crippen LogP contribution in [0.4, 0.5) is 0 Å². The number of aromatic amines is 1. The van der Waals surface area contributed by atoms with Crippen LogP contribution < -0.4 is 20.6 Å². The van der Waals surface area contributed by atoms with E-state index >= 15 is 0 Å². The maximum atomic E-state index is 11.9. The molecule has 0 aliphatic heterocycles. The lowest BCUT2D eigenvalue weighted by Crippen LogP contribution is -2.24. The van der Waals surface area contributed by atoms with Crippen molar-refractivity contribution < 1.29 is 14.3 Å². The second-order valence-electron chi connectivity index (χ2n) is 4.66. The summed E-state index contributed by atoms with van der Waals surface area (Å²) in [5, 5.41) is 4.10. The van der Waals surface area contributed by atoms with E-state index in [1.807, 2.05) is 0 Å². The molecule has 0 atom stereocenters. The number of hydrazone groups is 1. The van der Waals surface area contributed by atoms with Gasteiger partial charge in [0.25, 0.3) is 5.91 Å². The highest BCUT2D eigenvalue weighted by Gasteiger charge is 2.12. The number of halogens is 1. The van der Waals surface area contributed by atoms with E-state index in [2.05, 4.69) is 20.5 Å². The number of nitrogens with one attached hydrogen (secondary N) is 2. The van der Waals surface area contributed by atoms with Gasteiger partial charge in [-0.05, 0) is 25.1 Å². The molecule has 0 bridgehead atoms. The lowest BCUT2D eigenvalue weighted by atomic mass is 10.2. The normalized spacial score (nSPS) is 10.7. The summed E-state index contributed by atoms with van der Waals surface area (Å²) >= 11 is 6.20. The minimum Gasteiger partial charge on any atom is -0.493 e. The van der Waals surface area contributed by atoms with Crippen molar-refractivity contribution in [2.75, 3.05) is 14.2 Å². The molecule has 1 amide bonds. The average molecular weight is 351 g/mol. The fourth-order valence-corrected chi connectivity index (χ4v) is 2.20. The highest BCUT2D eigenvalue weighted by molar-refractivity contribution is 6.34. The van der Waals surface area contributed by atoms with Gasteiger partial charge in [0.2, 0.25) is 0 Å². The SMILES string of the molecule is COc1ccc(/C=N/NC(=O)c2cc(C)[nH]c(=O)n2)c(Cl)c1OC. The Kier molecular flexibility index (Phi) is 5.54. The number of carbonyl (C=O) groups excluding carboxylic acids is 1. The van der Waals surface area contributed by atoms with Crippen molar-refractivity contribution in [2.45, 2.75) is 6.92 Å². The zero-order valence-electron chi connectivity index (χ0n) is 13.2. The van der Waals surface area contributed by atoms with Crippen LogP contribution in [0.15, 0.2) is 28.1 Å². The Morgan fingerprint density at radius 3 is 2.75 bits per heavy atom. The predicted molar refractivity (Wildman–Crippen MR) is 89.2 cm³/mol. The Hall–Kier alpha value is -2.87. The van der Waals surface area contributed by atoms with Crippen LogP contribution in [0, 0.1) is 6.92 Å². The highest BCUT2D eigenvalue weighted by atomic mass is 35.5. The Morgan fingerprint density at radius 1 is 1.38 bits per heavy atom. The third-order valence-electron chi connectivity index (χ3n) is 3.00. The standard InChI is InChI=1S/C15H15ClN4O4/c1-8-6-10(19-15(22)18-8)14(21)20-17-7-9-4-5-11(23-2)13(24-3)12(9)16/h4-7H,1-3H3,(H,20,21)(H,18,19,22)/b17-7+. The van der Waals surface area contributed by atoms with Crippen molar-refractivity contribution in [3.05, 3.63) is 50.7 Å². The van der Waals surface area contributed by atoms with E-state index in [1.54, 1.807) is 19.1 Å². The number of benzene rings is 1. The number of aromatic nitrogens is 2. The second-order valence-corrected chi connectivity index (χ2v) is 5.04.